The highest BCUT2D eigenvalue weighted by Gasteiger charge is 2.58. The lowest BCUT2D eigenvalue weighted by atomic mass is 9.48. The standard InChI is InChI=1S/C19H28O2.C19H17P/c1-18-9-7-13(20)11-12(18)3-4-14-15-5-6-17(21)19(15,2)10-8-16(14)18;1-20(17-11-5-2-6-12-17,18-13-7-3-8-14-18)19-15-9-4-10-16-19/h3,13-16,20H,4-11H2,1-2H3;2-16H,1H2/t13-,14-,15-,16-,18-,19-;/m0./s1. The van der Waals surface area contributed by atoms with E-state index >= 15 is 0 Å². The van der Waals surface area contributed by atoms with Gasteiger partial charge in [-0.05, 0) is 90.9 Å². The maximum absolute atomic E-state index is 12.4. The van der Waals surface area contributed by atoms with Crippen molar-refractivity contribution >= 4 is 34.9 Å². The van der Waals surface area contributed by atoms with Gasteiger partial charge in [0.2, 0.25) is 0 Å². The smallest absolute Gasteiger partial charge is 0.139 e. The molecule has 3 saturated carbocycles. The number of hydrogen-bond acceptors (Lipinski definition) is 2. The van der Waals surface area contributed by atoms with E-state index in [1.165, 1.54) is 27.9 Å². The third-order valence-corrected chi connectivity index (χ3v) is 14.9. The number of benzene rings is 3. The average Bonchev–Trinajstić information content (AvgIpc) is 3.32. The van der Waals surface area contributed by atoms with Crippen molar-refractivity contribution in [3.63, 3.8) is 0 Å². The molecule has 0 heterocycles. The van der Waals surface area contributed by atoms with E-state index in [1.807, 2.05) is 0 Å². The molecule has 0 spiro atoms. The van der Waals surface area contributed by atoms with Crippen molar-refractivity contribution in [2.45, 2.75) is 71.3 Å². The van der Waals surface area contributed by atoms with E-state index < -0.39 is 6.89 Å². The van der Waals surface area contributed by atoms with Gasteiger partial charge in [-0.3, -0.25) is 4.79 Å². The molecule has 0 saturated heterocycles. The number of carbonyl (C=O) groups is 1. The normalized spacial score (nSPS) is 32.5. The Kier molecular flexibility index (Phi) is 7.77. The summed E-state index contributed by atoms with van der Waals surface area (Å²) >= 11 is 0. The molecule has 0 aliphatic heterocycles. The Morgan fingerprint density at radius 1 is 0.732 bits per heavy atom. The van der Waals surface area contributed by atoms with Crippen molar-refractivity contribution in [1.29, 1.82) is 0 Å². The first-order valence-electron chi connectivity index (χ1n) is 15.6. The van der Waals surface area contributed by atoms with E-state index in [0.29, 0.717) is 23.0 Å². The molecule has 4 aliphatic rings. The van der Waals surface area contributed by atoms with E-state index in [0.717, 1.165) is 50.9 Å². The van der Waals surface area contributed by atoms with Crippen LogP contribution < -0.4 is 15.9 Å². The van der Waals surface area contributed by atoms with Crippen molar-refractivity contribution in [2.75, 3.05) is 0 Å². The van der Waals surface area contributed by atoms with E-state index in [4.69, 9.17) is 6.30 Å². The third-order valence-electron chi connectivity index (χ3n) is 11.4. The fourth-order valence-corrected chi connectivity index (χ4v) is 11.8. The Hall–Kier alpha value is -2.67. The van der Waals surface area contributed by atoms with Crippen LogP contribution in [0.15, 0.2) is 103 Å². The first-order chi connectivity index (χ1) is 19.8. The minimum atomic E-state index is -1.78. The van der Waals surface area contributed by atoms with Gasteiger partial charge in [-0.1, -0.05) is 123 Å². The fourth-order valence-electron chi connectivity index (χ4n) is 8.91. The lowest BCUT2D eigenvalue weighted by Gasteiger charge is -2.56. The van der Waals surface area contributed by atoms with Crippen LogP contribution in [0.1, 0.15) is 65.2 Å². The fraction of sp³-hybridized carbons (Fsp3) is 0.421. The first-order valence-corrected chi connectivity index (χ1v) is 17.6. The van der Waals surface area contributed by atoms with Crippen LogP contribution in [0.2, 0.25) is 0 Å². The summed E-state index contributed by atoms with van der Waals surface area (Å²) in [6.45, 7) is 2.91. The molecule has 0 radical (unpaired) electrons. The molecule has 7 rings (SSSR count). The Balaban J connectivity index is 0.000000148. The Bertz CT molecular complexity index is 1340. The largest absolute Gasteiger partial charge is 0.393 e. The molecule has 41 heavy (non-hydrogen) atoms. The van der Waals surface area contributed by atoms with Crippen molar-refractivity contribution in [3.8, 4) is 0 Å². The van der Waals surface area contributed by atoms with Gasteiger partial charge in [0.25, 0.3) is 0 Å². The van der Waals surface area contributed by atoms with Gasteiger partial charge in [0.15, 0.2) is 0 Å². The molecule has 0 amide bonds. The summed E-state index contributed by atoms with van der Waals surface area (Å²) in [5.74, 6) is 2.60. The van der Waals surface area contributed by atoms with Gasteiger partial charge < -0.3 is 5.11 Å². The van der Waals surface area contributed by atoms with Gasteiger partial charge in [-0.15, -0.1) is 0 Å². The summed E-state index contributed by atoms with van der Waals surface area (Å²) < 4.78 is 0. The van der Waals surface area contributed by atoms with E-state index in [-0.39, 0.29) is 11.5 Å². The number of ketones is 1. The molecular formula is C38H45O2P. The molecule has 1 N–H and O–H groups in total. The molecule has 4 aliphatic carbocycles. The van der Waals surface area contributed by atoms with Crippen molar-refractivity contribution < 1.29 is 9.90 Å². The number of aliphatic hydroxyl groups is 1. The Labute approximate surface area is 246 Å². The number of Topliss-reactive ketones (excluding diaryl/α,β-unsaturated/α-hetero) is 1. The van der Waals surface area contributed by atoms with Gasteiger partial charge in [-0.2, -0.15) is 0 Å². The molecule has 6 atom stereocenters. The number of carbonyl (C=O) groups excluding carboxylic acids is 1. The zero-order valence-corrected chi connectivity index (χ0v) is 25.6. The van der Waals surface area contributed by atoms with Gasteiger partial charge in [0.1, 0.15) is 5.78 Å². The molecule has 0 unspecified atom stereocenters. The molecule has 0 bridgehead atoms. The third kappa shape index (κ3) is 4.92. The lowest BCUT2D eigenvalue weighted by molar-refractivity contribution is -0.132. The topological polar surface area (TPSA) is 37.3 Å². The summed E-state index contributed by atoms with van der Waals surface area (Å²) in [7, 11) is 0. The van der Waals surface area contributed by atoms with Gasteiger partial charge in [-0.25, -0.2) is 0 Å². The van der Waals surface area contributed by atoms with Gasteiger partial charge in [0.05, 0.1) is 6.10 Å². The quantitative estimate of drug-likeness (QED) is 0.268. The molecule has 2 nitrogen and oxygen atoms in total. The number of rotatable bonds is 3. The van der Waals surface area contributed by atoms with Crippen molar-refractivity contribution in [1.82, 2.24) is 0 Å². The van der Waals surface area contributed by atoms with Gasteiger partial charge >= 0.3 is 0 Å². The van der Waals surface area contributed by atoms with Crippen LogP contribution in [0, 0.1) is 28.6 Å². The molecule has 3 aromatic rings. The second kappa shape index (κ2) is 11.2. The Morgan fingerprint density at radius 2 is 1.22 bits per heavy atom. The highest BCUT2D eigenvalue weighted by atomic mass is 31.2. The minimum absolute atomic E-state index is 0.0168. The lowest BCUT2D eigenvalue weighted by Crippen LogP contribution is -2.50. The number of allylic oxidation sites excluding steroid dienone is 1. The molecule has 3 aromatic carbocycles. The average molecular weight is 565 g/mol. The summed E-state index contributed by atoms with van der Waals surface area (Å²) in [5.41, 5.74) is 1.81. The number of aliphatic hydroxyl groups excluding tert-OH is 1. The highest BCUT2D eigenvalue weighted by Crippen LogP contribution is 2.63. The summed E-state index contributed by atoms with van der Waals surface area (Å²) in [6.07, 6.45) is 15.4. The maximum atomic E-state index is 12.4. The summed E-state index contributed by atoms with van der Waals surface area (Å²) in [4.78, 5) is 12.4. The van der Waals surface area contributed by atoms with Crippen LogP contribution in [0.25, 0.3) is 0 Å². The summed E-state index contributed by atoms with van der Waals surface area (Å²) in [5, 5.41) is 14.0. The zero-order chi connectivity index (χ0) is 28.7. The zero-order valence-electron chi connectivity index (χ0n) is 24.7. The maximum Gasteiger partial charge on any atom is 0.139 e. The van der Waals surface area contributed by atoms with E-state index in [1.54, 1.807) is 0 Å². The SMILES string of the molecule is C=P(c1ccccc1)(c1ccccc1)c1ccccc1.C[C@]12CC[C@H](O)CC1=CC[C@@H]1[C@@H]2CC[C@]2(C)C(=O)CC[C@@H]12. The van der Waals surface area contributed by atoms with E-state index in [2.05, 4.69) is 111 Å². The highest BCUT2D eigenvalue weighted by molar-refractivity contribution is 7.93. The predicted molar refractivity (Wildman–Crippen MR) is 175 cm³/mol. The second-order valence-corrected chi connectivity index (χ2v) is 16.6. The monoisotopic (exact) mass is 564 g/mol. The Morgan fingerprint density at radius 3 is 1.76 bits per heavy atom. The molecule has 0 aromatic heterocycles. The van der Waals surface area contributed by atoms with Crippen molar-refractivity contribution in [2.24, 2.45) is 28.6 Å². The van der Waals surface area contributed by atoms with Gasteiger partial charge in [0, 0.05) is 11.8 Å². The minimum Gasteiger partial charge on any atom is -0.393 e. The first kappa shape index (κ1) is 28.4. The van der Waals surface area contributed by atoms with Crippen LogP contribution in [0.3, 0.4) is 0 Å². The summed E-state index contributed by atoms with van der Waals surface area (Å²) in [6, 6.07) is 31.9. The number of fused-ring (bicyclic) bond motifs is 5. The van der Waals surface area contributed by atoms with Crippen molar-refractivity contribution in [3.05, 3.63) is 103 Å². The predicted octanol–water partition coefficient (Wildman–Crippen LogP) is 7.29. The van der Waals surface area contributed by atoms with Crippen LogP contribution in [-0.4, -0.2) is 23.3 Å². The molecule has 3 fully saturated rings. The van der Waals surface area contributed by atoms with E-state index in [9.17, 15) is 9.90 Å². The number of hydrogen-bond donors (Lipinski definition) is 1. The van der Waals surface area contributed by atoms with Crippen LogP contribution in [0.5, 0.6) is 0 Å². The van der Waals surface area contributed by atoms with Crippen LogP contribution >= 0.6 is 6.89 Å². The molecule has 214 valence electrons. The molecule has 3 heteroatoms. The second-order valence-electron chi connectivity index (χ2n) is 13.4. The van der Waals surface area contributed by atoms with Crippen LogP contribution in [0.4, 0.5) is 0 Å². The molecular weight excluding hydrogens is 519 g/mol. The van der Waals surface area contributed by atoms with Crippen LogP contribution in [-0.2, 0) is 4.79 Å².